The van der Waals surface area contributed by atoms with Crippen LogP contribution in [0.1, 0.15) is 84.5 Å². The molecule has 0 saturated heterocycles. The lowest BCUT2D eigenvalue weighted by Gasteiger charge is -2.38. The smallest absolute Gasteiger partial charge is 0.0207 e. The molecule has 0 aromatic heterocycles. The van der Waals surface area contributed by atoms with Crippen LogP contribution in [0.2, 0.25) is 0 Å². The van der Waals surface area contributed by atoms with Gasteiger partial charge < -0.3 is 0 Å². The van der Waals surface area contributed by atoms with Gasteiger partial charge in [-0.15, -0.1) is 0 Å². The highest BCUT2D eigenvalue weighted by atomic mass is 14.4. The first-order chi connectivity index (χ1) is 8.29. The van der Waals surface area contributed by atoms with Crippen molar-refractivity contribution in [2.45, 2.75) is 84.5 Å². The molecule has 0 aliphatic heterocycles. The van der Waals surface area contributed by atoms with Crippen molar-refractivity contribution in [1.82, 2.24) is 0 Å². The summed E-state index contributed by atoms with van der Waals surface area (Å²) < 4.78 is 0. The van der Waals surface area contributed by atoms with Gasteiger partial charge in [-0.1, -0.05) is 58.8 Å². The molecule has 0 heteroatoms. The van der Waals surface area contributed by atoms with E-state index in [9.17, 15) is 0 Å². The number of rotatable bonds is 4. The van der Waals surface area contributed by atoms with Crippen LogP contribution < -0.4 is 0 Å². The second-order valence-electron chi connectivity index (χ2n) is 6.73. The molecule has 2 rings (SSSR count). The summed E-state index contributed by atoms with van der Waals surface area (Å²) in [4.78, 5) is 0. The molecule has 0 spiro atoms. The third-order valence-corrected chi connectivity index (χ3v) is 5.14. The predicted octanol–water partition coefficient (Wildman–Crippen LogP) is 5.77. The maximum atomic E-state index is 2.46. The quantitative estimate of drug-likeness (QED) is 0.580. The monoisotopic (exact) mass is 235 g/mol. The number of unbranched alkanes of at least 4 members (excludes halogenated alkanes) is 1. The average Bonchev–Trinajstić information content (AvgIpc) is 2.37. The van der Waals surface area contributed by atoms with Gasteiger partial charge in [-0.05, 0) is 49.4 Å². The summed E-state index contributed by atoms with van der Waals surface area (Å²) in [6.45, 7) is 4.79. The third-order valence-electron chi connectivity index (χ3n) is 5.14. The minimum atomic E-state index is 0.997. The Morgan fingerprint density at radius 2 is 2.00 bits per heavy atom. The molecular weight excluding hydrogens is 204 g/mol. The Morgan fingerprint density at radius 1 is 1.12 bits per heavy atom. The Hall–Kier alpha value is 0. The fraction of sp³-hybridized carbons (Fsp3) is 0.941. The molecule has 3 unspecified atom stereocenters. The van der Waals surface area contributed by atoms with E-state index < -0.39 is 0 Å². The summed E-state index contributed by atoms with van der Waals surface area (Å²) in [5.74, 6) is 5.04. The zero-order valence-corrected chi connectivity index (χ0v) is 12.0. The van der Waals surface area contributed by atoms with Crippen LogP contribution in [0, 0.1) is 23.7 Å². The summed E-state index contributed by atoms with van der Waals surface area (Å²) in [5, 5.41) is 0. The molecule has 0 amide bonds. The largest absolute Gasteiger partial charge is 0.0654 e. The van der Waals surface area contributed by atoms with Gasteiger partial charge in [0, 0.05) is 0 Å². The maximum Gasteiger partial charge on any atom is -0.0207 e. The van der Waals surface area contributed by atoms with Crippen molar-refractivity contribution in [3.05, 3.63) is 5.92 Å². The van der Waals surface area contributed by atoms with E-state index in [1.165, 1.54) is 70.6 Å². The molecule has 3 atom stereocenters. The van der Waals surface area contributed by atoms with Crippen molar-refractivity contribution in [3.8, 4) is 0 Å². The van der Waals surface area contributed by atoms with Crippen LogP contribution in [0.3, 0.4) is 0 Å². The molecular formula is C17H31. The van der Waals surface area contributed by atoms with Gasteiger partial charge in [0.25, 0.3) is 0 Å². The molecule has 0 bridgehead atoms. The molecule has 2 aliphatic carbocycles. The third kappa shape index (κ3) is 4.00. The minimum absolute atomic E-state index is 0.997. The fourth-order valence-corrected chi connectivity index (χ4v) is 4.11. The van der Waals surface area contributed by atoms with Gasteiger partial charge in [0.1, 0.15) is 0 Å². The zero-order chi connectivity index (χ0) is 12.1. The van der Waals surface area contributed by atoms with E-state index in [4.69, 9.17) is 0 Å². The summed E-state index contributed by atoms with van der Waals surface area (Å²) in [5.41, 5.74) is 0. The standard InChI is InChI=1S/C17H31/c1-3-4-8-15-9-6-11-17(13-15)16-10-5-7-14(2)12-16/h14-16H,3-13H2,1-2H3. The second kappa shape index (κ2) is 6.81. The van der Waals surface area contributed by atoms with Gasteiger partial charge in [-0.25, -0.2) is 0 Å². The van der Waals surface area contributed by atoms with Crippen LogP contribution >= 0.6 is 0 Å². The topological polar surface area (TPSA) is 0 Å². The van der Waals surface area contributed by atoms with E-state index in [0.717, 1.165) is 17.8 Å². The SMILES string of the molecule is CCCCC1CCC[C](C2CCCC(C)C2)C1. The highest BCUT2D eigenvalue weighted by molar-refractivity contribution is 5.02. The van der Waals surface area contributed by atoms with Crippen LogP contribution in [-0.4, -0.2) is 0 Å². The van der Waals surface area contributed by atoms with Gasteiger partial charge in [0.2, 0.25) is 0 Å². The lowest BCUT2D eigenvalue weighted by molar-refractivity contribution is 0.237. The van der Waals surface area contributed by atoms with Crippen molar-refractivity contribution in [1.29, 1.82) is 0 Å². The van der Waals surface area contributed by atoms with E-state index in [-0.39, 0.29) is 0 Å². The molecule has 2 fully saturated rings. The summed E-state index contributed by atoms with van der Waals surface area (Å²) in [7, 11) is 0. The number of hydrogen-bond acceptors (Lipinski definition) is 0. The summed E-state index contributed by atoms with van der Waals surface area (Å²) in [6, 6.07) is 0. The van der Waals surface area contributed by atoms with E-state index in [1.807, 2.05) is 5.92 Å². The summed E-state index contributed by atoms with van der Waals surface area (Å²) >= 11 is 0. The Labute approximate surface area is 109 Å². The molecule has 0 aromatic rings. The molecule has 17 heavy (non-hydrogen) atoms. The first-order valence-electron chi connectivity index (χ1n) is 8.14. The highest BCUT2D eigenvalue weighted by Gasteiger charge is 2.31. The normalized spacial score (nSPS) is 36.0. The predicted molar refractivity (Wildman–Crippen MR) is 75.8 cm³/mol. The molecule has 99 valence electrons. The Bertz CT molecular complexity index is 208. The van der Waals surface area contributed by atoms with Crippen LogP contribution in [0.25, 0.3) is 0 Å². The molecule has 0 nitrogen and oxygen atoms in total. The van der Waals surface area contributed by atoms with Gasteiger partial charge in [0.15, 0.2) is 0 Å². The van der Waals surface area contributed by atoms with Crippen molar-refractivity contribution in [3.63, 3.8) is 0 Å². The molecule has 1 radical (unpaired) electrons. The lowest BCUT2D eigenvalue weighted by Crippen LogP contribution is -2.25. The van der Waals surface area contributed by atoms with Crippen molar-refractivity contribution >= 4 is 0 Å². The molecule has 0 heterocycles. The molecule has 2 saturated carbocycles. The Kier molecular flexibility index (Phi) is 5.38. The Morgan fingerprint density at radius 3 is 2.76 bits per heavy atom. The van der Waals surface area contributed by atoms with Crippen LogP contribution in [0.15, 0.2) is 0 Å². The second-order valence-corrected chi connectivity index (χ2v) is 6.73. The van der Waals surface area contributed by atoms with Crippen molar-refractivity contribution in [2.75, 3.05) is 0 Å². The fourth-order valence-electron chi connectivity index (χ4n) is 4.11. The van der Waals surface area contributed by atoms with Gasteiger partial charge >= 0.3 is 0 Å². The van der Waals surface area contributed by atoms with E-state index in [1.54, 1.807) is 0 Å². The van der Waals surface area contributed by atoms with Gasteiger partial charge in [-0.2, -0.15) is 0 Å². The van der Waals surface area contributed by atoms with Gasteiger partial charge in [0.05, 0.1) is 0 Å². The van der Waals surface area contributed by atoms with E-state index in [2.05, 4.69) is 13.8 Å². The first kappa shape index (κ1) is 13.4. The maximum absolute atomic E-state index is 2.46. The lowest BCUT2D eigenvalue weighted by atomic mass is 9.68. The average molecular weight is 235 g/mol. The summed E-state index contributed by atoms with van der Waals surface area (Å²) in [6.07, 6.45) is 16.3. The van der Waals surface area contributed by atoms with Crippen molar-refractivity contribution < 1.29 is 0 Å². The first-order valence-corrected chi connectivity index (χ1v) is 8.14. The molecule has 0 N–H and O–H groups in total. The highest BCUT2D eigenvalue weighted by Crippen LogP contribution is 2.44. The van der Waals surface area contributed by atoms with E-state index >= 15 is 0 Å². The van der Waals surface area contributed by atoms with Crippen LogP contribution in [0.5, 0.6) is 0 Å². The Balaban J connectivity index is 1.79. The zero-order valence-electron chi connectivity index (χ0n) is 12.0. The van der Waals surface area contributed by atoms with Crippen molar-refractivity contribution in [2.24, 2.45) is 17.8 Å². The number of hydrogen-bond donors (Lipinski definition) is 0. The minimum Gasteiger partial charge on any atom is -0.0654 e. The molecule has 2 aliphatic rings. The van der Waals surface area contributed by atoms with E-state index in [0.29, 0.717) is 0 Å². The molecule has 0 aromatic carbocycles. The van der Waals surface area contributed by atoms with Gasteiger partial charge in [-0.3, -0.25) is 0 Å². The van der Waals surface area contributed by atoms with Crippen LogP contribution in [0.4, 0.5) is 0 Å². The van der Waals surface area contributed by atoms with Crippen LogP contribution in [-0.2, 0) is 0 Å².